The Morgan fingerprint density at radius 2 is 1.87 bits per heavy atom. The molecule has 0 aliphatic carbocycles. The molecule has 2 aromatic heterocycles. The van der Waals surface area contributed by atoms with E-state index >= 15 is 0 Å². The SMILES string of the molecule is CN(C)c1cccc(NC(=O)Cn2c(-c3ccc(Cl)cc3)nc3cccnc32)c1.Cl. The molecule has 1 amide bonds. The zero-order chi connectivity index (χ0) is 20.4. The molecule has 154 valence electrons. The van der Waals surface area contributed by atoms with Gasteiger partial charge in [-0.2, -0.15) is 0 Å². The highest BCUT2D eigenvalue weighted by Crippen LogP contribution is 2.25. The van der Waals surface area contributed by atoms with E-state index in [1.807, 2.05) is 72.1 Å². The highest BCUT2D eigenvalue weighted by molar-refractivity contribution is 6.30. The van der Waals surface area contributed by atoms with Crippen molar-refractivity contribution in [2.45, 2.75) is 6.54 Å². The summed E-state index contributed by atoms with van der Waals surface area (Å²) in [5.74, 6) is 0.522. The van der Waals surface area contributed by atoms with E-state index in [9.17, 15) is 4.79 Å². The van der Waals surface area contributed by atoms with Crippen LogP contribution in [0.5, 0.6) is 0 Å². The third kappa shape index (κ3) is 4.56. The summed E-state index contributed by atoms with van der Waals surface area (Å²) < 4.78 is 1.82. The molecule has 0 aliphatic heterocycles. The van der Waals surface area contributed by atoms with Crippen LogP contribution in [0.3, 0.4) is 0 Å². The van der Waals surface area contributed by atoms with Gasteiger partial charge in [-0.3, -0.25) is 9.36 Å². The topological polar surface area (TPSA) is 63.1 Å². The summed E-state index contributed by atoms with van der Waals surface area (Å²) in [6.45, 7) is 0.0949. The van der Waals surface area contributed by atoms with E-state index in [1.54, 1.807) is 18.3 Å². The monoisotopic (exact) mass is 441 g/mol. The van der Waals surface area contributed by atoms with Crippen LogP contribution in [0.2, 0.25) is 5.02 Å². The second-order valence-corrected chi connectivity index (χ2v) is 7.30. The Kier molecular flexibility index (Phi) is 6.59. The number of anilines is 2. The van der Waals surface area contributed by atoms with Crippen LogP contribution in [-0.2, 0) is 11.3 Å². The highest BCUT2D eigenvalue weighted by Gasteiger charge is 2.16. The van der Waals surface area contributed by atoms with Crippen LogP contribution < -0.4 is 10.2 Å². The number of carbonyl (C=O) groups excluding carboxylic acids is 1. The van der Waals surface area contributed by atoms with Gasteiger partial charge in [-0.1, -0.05) is 17.7 Å². The number of imidazole rings is 1. The minimum atomic E-state index is -0.152. The summed E-state index contributed by atoms with van der Waals surface area (Å²) >= 11 is 6.02. The zero-order valence-corrected chi connectivity index (χ0v) is 18.1. The first-order valence-corrected chi connectivity index (χ1v) is 9.53. The fraction of sp³-hybridized carbons (Fsp3) is 0.136. The van der Waals surface area contributed by atoms with Crippen molar-refractivity contribution in [3.63, 3.8) is 0 Å². The molecule has 30 heavy (non-hydrogen) atoms. The lowest BCUT2D eigenvalue weighted by molar-refractivity contribution is -0.116. The lowest BCUT2D eigenvalue weighted by Gasteiger charge is -2.14. The number of hydrogen-bond donors (Lipinski definition) is 1. The summed E-state index contributed by atoms with van der Waals surface area (Å²) in [5, 5.41) is 3.61. The molecule has 0 saturated heterocycles. The van der Waals surface area contributed by atoms with Crippen molar-refractivity contribution in [3.8, 4) is 11.4 Å². The van der Waals surface area contributed by atoms with E-state index in [1.165, 1.54) is 0 Å². The second-order valence-electron chi connectivity index (χ2n) is 6.87. The molecule has 0 radical (unpaired) electrons. The molecule has 1 N–H and O–H groups in total. The number of hydrogen-bond acceptors (Lipinski definition) is 4. The number of carbonyl (C=O) groups is 1. The Labute approximate surface area is 185 Å². The summed E-state index contributed by atoms with van der Waals surface area (Å²) in [6, 6.07) is 18.8. The Morgan fingerprint density at radius 3 is 2.60 bits per heavy atom. The van der Waals surface area contributed by atoms with Crippen LogP contribution in [0.25, 0.3) is 22.6 Å². The zero-order valence-electron chi connectivity index (χ0n) is 16.5. The van der Waals surface area contributed by atoms with Crippen molar-refractivity contribution in [1.82, 2.24) is 14.5 Å². The van der Waals surface area contributed by atoms with Crippen LogP contribution in [0, 0.1) is 0 Å². The summed E-state index contributed by atoms with van der Waals surface area (Å²) in [7, 11) is 3.92. The maximum absolute atomic E-state index is 12.8. The average Bonchev–Trinajstić information content (AvgIpc) is 3.07. The predicted octanol–water partition coefficient (Wildman–Crippen LogP) is 4.88. The van der Waals surface area contributed by atoms with Crippen LogP contribution in [0.4, 0.5) is 11.4 Å². The van der Waals surface area contributed by atoms with Gasteiger partial charge in [-0.05, 0) is 54.6 Å². The number of nitrogens with zero attached hydrogens (tertiary/aromatic N) is 4. The van der Waals surface area contributed by atoms with Crippen LogP contribution in [0.1, 0.15) is 0 Å². The van der Waals surface area contributed by atoms with E-state index in [0.717, 1.165) is 22.5 Å². The van der Waals surface area contributed by atoms with E-state index in [0.29, 0.717) is 16.5 Å². The Hall–Kier alpha value is -3.09. The molecular formula is C22H21Cl2N5O. The number of rotatable bonds is 5. The predicted molar refractivity (Wildman–Crippen MR) is 125 cm³/mol. The first-order chi connectivity index (χ1) is 14.0. The molecular weight excluding hydrogens is 421 g/mol. The van der Waals surface area contributed by atoms with Crippen molar-refractivity contribution in [2.24, 2.45) is 0 Å². The number of nitrogens with one attached hydrogen (secondary N) is 1. The smallest absolute Gasteiger partial charge is 0.244 e. The minimum Gasteiger partial charge on any atom is -0.378 e. The standard InChI is InChI=1S/C22H20ClN5O.ClH/c1-27(2)18-6-3-5-17(13-18)25-20(29)14-28-21(15-8-10-16(23)11-9-15)26-19-7-4-12-24-22(19)28;/h3-13H,14H2,1-2H3,(H,25,29);1H. The summed E-state index contributed by atoms with van der Waals surface area (Å²) in [5.41, 5.74) is 4.02. The van der Waals surface area contributed by atoms with Gasteiger partial charge in [0.25, 0.3) is 0 Å². The van der Waals surface area contributed by atoms with Gasteiger partial charge in [0, 0.05) is 42.3 Å². The highest BCUT2D eigenvalue weighted by atomic mass is 35.5. The molecule has 2 aromatic carbocycles. The number of pyridine rings is 1. The van der Waals surface area contributed by atoms with Gasteiger partial charge in [0.15, 0.2) is 5.65 Å². The average molecular weight is 442 g/mol. The van der Waals surface area contributed by atoms with Crippen LogP contribution in [-0.4, -0.2) is 34.5 Å². The minimum absolute atomic E-state index is 0. The maximum Gasteiger partial charge on any atom is 0.244 e. The number of halogens is 2. The molecule has 2 heterocycles. The third-order valence-electron chi connectivity index (χ3n) is 4.55. The van der Waals surface area contributed by atoms with Gasteiger partial charge in [0.05, 0.1) is 0 Å². The van der Waals surface area contributed by atoms with Crippen LogP contribution in [0.15, 0.2) is 66.9 Å². The number of benzene rings is 2. The summed E-state index contributed by atoms with van der Waals surface area (Å²) in [6.07, 6.45) is 1.70. The van der Waals surface area contributed by atoms with Crippen molar-refractivity contribution in [3.05, 3.63) is 71.9 Å². The van der Waals surface area contributed by atoms with Gasteiger partial charge < -0.3 is 10.2 Å². The van der Waals surface area contributed by atoms with E-state index in [2.05, 4.69) is 15.3 Å². The Bertz CT molecular complexity index is 1170. The van der Waals surface area contributed by atoms with Gasteiger partial charge >= 0.3 is 0 Å². The quantitative estimate of drug-likeness (QED) is 0.479. The molecule has 0 spiro atoms. The Morgan fingerprint density at radius 1 is 1.10 bits per heavy atom. The van der Waals surface area contributed by atoms with Crippen LogP contribution >= 0.6 is 24.0 Å². The van der Waals surface area contributed by atoms with Crippen molar-refractivity contribution < 1.29 is 4.79 Å². The number of aromatic nitrogens is 3. The van der Waals surface area contributed by atoms with Crippen molar-refractivity contribution in [1.29, 1.82) is 0 Å². The van der Waals surface area contributed by atoms with E-state index < -0.39 is 0 Å². The number of fused-ring (bicyclic) bond motifs is 1. The molecule has 8 heteroatoms. The fourth-order valence-corrected chi connectivity index (χ4v) is 3.26. The molecule has 4 aromatic rings. The van der Waals surface area contributed by atoms with E-state index in [-0.39, 0.29) is 24.9 Å². The first-order valence-electron chi connectivity index (χ1n) is 9.16. The maximum atomic E-state index is 12.8. The molecule has 6 nitrogen and oxygen atoms in total. The lowest BCUT2D eigenvalue weighted by Crippen LogP contribution is -2.20. The molecule has 4 rings (SSSR count). The molecule has 0 saturated carbocycles. The molecule has 0 unspecified atom stereocenters. The summed E-state index contributed by atoms with van der Waals surface area (Å²) in [4.78, 5) is 23.9. The molecule has 0 atom stereocenters. The second kappa shape index (κ2) is 9.15. The lowest BCUT2D eigenvalue weighted by atomic mass is 10.2. The molecule has 0 fully saturated rings. The largest absolute Gasteiger partial charge is 0.378 e. The van der Waals surface area contributed by atoms with Gasteiger partial charge in [-0.25, -0.2) is 9.97 Å². The Balaban J connectivity index is 0.00000256. The fourth-order valence-electron chi connectivity index (χ4n) is 3.13. The van der Waals surface area contributed by atoms with E-state index in [4.69, 9.17) is 11.6 Å². The number of amides is 1. The molecule has 0 bridgehead atoms. The first kappa shape index (κ1) is 21.6. The van der Waals surface area contributed by atoms with Crippen molar-refractivity contribution >= 4 is 52.5 Å². The van der Waals surface area contributed by atoms with Gasteiger partial charge in [0.1, 0.15) is 17.9 Å². The van der Waals surface area contributed by atoms with Crippen molar-refractivity contribution in [2.75, 3.05) is 24.3 Å². The molecule has 0 aliphatic rings. The van der Waals surface area contributed by atoms with Gasteiger partial charge in [0.2, 0.25) is 5.91 Å². The third-order valence-corrected chi connectivity index (χ3v) is 4.81. The van der Waals surface area contributed by atoms with Gasteiger partial charge in [-0.15, -0.1) is 12.4 Å². The normalized spacial score (nSPS) is 10.5.